The Morgan fingerprint density at radius 1 is 0.804 bits per heavy atom. The molecule has 0 spiro atoms. The van der Waals surface area contributed by atoms with Gasteiger partial charge in [-0.2, -0.15) is 13.2 Å². The smallest absolute Gasteiger partial charge is 0.478 e. The van der Waals surface area contributed by atoms with Gasteiger partial charge in [0.1, 0.15) is 11.6 Å². The van der Waals surface area contributed by atoms with Gasteiger partial charge in [-0.3, -0.25) is 4.90 Å². The maximum absolute atomic E-state index is 13.9. The molecule has 7 rings (SSSR count). The standard InChI is InChI=1S/C36H32Cl2FN3O2.C2HF3O2/c37-27-9-4-23(5-10-27)34(24-6-11-28(38)12-7-24)26-8-14-32-33(20-26)42(35(40-32)25-2-3-25)29-15-17-41(18-16-29)21-22-1-13-31(39)30(19-22)36(43)44;3-2(4,5)1(6)7/h1,4-14,19-20,25,29,34H,2-3,15-18,21H2,(H,43,44);(H,6,7). The summed E-state index contributed by atoms with van der Waals surface area (Å²) in [5.74, 6) is -3.00. The van der Waals surface area contributed by atoms with Crippen LogP contribution >= 0.6 is 23.2 Å². The first kappa shape index (κ1) is 36.3. The van der Waals surface area contributed by atoms with E-state index in [0.717, 1.165) is 48.1 Å². The summed E-state index contributed by atoms with van der Waals surface area (Å²) in [6.07, 6.45) is -0.826. The molecule has 13 heteroatoms. The summed E-state index contributed by atoms with van der Waals surface area (Å²) >= 11 is 12.5. The Hall–Kier alpha value is -4.45. The number of hydrogen-bond donors (Lipinski definition) is 2. The zero-order chi connectivity index (χ0) is 36.4. The number of alkyl halides is 3. The summed E-state index contributed by atoms with van der Waals surface area (Å²) in [4.78, 5) is 27.8. The SMILES string of the molecule is O=C(O)C(F)(F)F.O=C(O)c1cc(CN2CCC(n3c(C4CC4)nc4ccc(C(c5ccc(Cl)cc5)c5ccc(Cl)cc5)cc43)CC2)ccc1F. The van der Waals surface area contributed by atoms with Crippen molar-refractivity contribution >= 4 is 46.2 Å². The van der Waals surface area contributed by atoms with Crippen LogP contribution in [0.15, 0.2) is 84.9 Å². The van der Waals surface area contributed by atoms with E-state index in [1.165, 1.54) is 41.9 Å². The van der Waals surface area contributed by atoms with Gasteiger partial charge in [0.25, 0.3) is 0 Å². The van der Waals surface area contributed by atoms with Crippen LogP contribution in [-0.4, -0.2) is 55.9 Å². The van der Waals surface area contributed by atoms with Gasteiger partial charge in [0.15, 0.2) is 0 Å². The van der Waals surface area contributed by atoms with Crippen LogP contribution in [0, 0.1) is 5.82 Å². The van der Waals surface area contributed by atoms with Crippen molar-refractivity contribution in [3.05, 3.63) is 134 Å². The zero-order valence-electron chi connectivity index (χ0n) is 27.1. The number of piperidine rings is 1. The molecule has 0 radical (unpaired) electrons. The van der Waals surface area contributed by atoms with Crippen LogP contribution in [-0.2, 0) is 11.3 Å². The van der Waals surface area contributed by atoms with Crippen LogP contribution in [0.3, 0.4) is 0 Å². The van der Waals surface area contributed by atoms with Crippen molar-refractivity contribution in [1.82, 2.24) is 14.5 Å². The van der Waals surface area contributed by atoms with Crippen molar-refractivity contribution in [3.8, 4) is 0 Å². The van der Waals surface area contributed by atoms with Crippen LogP contribution in [0.1, 0.15) is 82.0 Å². The van der Waals surface area contributed by atoms with Crippen LogP contribution in [0.5, 0.6) is 0 Å². The Labute approximate surface area is 301 Å². The Balaban J connectivity index is 0.000000582. The number of fused-ring (bicyclic) bond motifs is 1. The zero-order valence-corrected chi connectivity index (χ0v) is 28.6. The topological polar surface area (TPSA) is 95.7 Å². The number of aromatic nitrogens is 2. The van der Waals surface area contributed by atoms with E-state index < -0.39 is 23.9 Å². The number of carbonyl (C=O) groups is 2. The number of hydrogen-bond acceptors (Lipinski definition) is 4. The average molecular weight is 743 g/mol. The maximum atomic E-state index is 13.9. The molecule has 2 fully saturated rings. The monoisotopic (exact) mass is 741 g/mol. The van der Waals surface area contributed by atoms with Crippen molar-refractivity contribution in [1.29, 1.82) is 0 Å². The number of imidazole rings is 1. The number of aromatic carboxylic acids is 1. The van der Waals surface area contributed by atoms with Crippen molar-refractivity contribution in [3.63, 3.8) is 0 Å². The summed E-state index contributed by atoms with van der Waals surface area (Å²) < 4.78 is 48.2. The van der Waals surface area contributed by atoms with Gasteiger partial charge in [0.2, 0.25) is 0 Å². The predicted octanol–water partition coefficient (Wildman–Crippen LogP) is 9.71. The minimum Gasteiger partial charge on any atom is -0.478 e. The van der Waals surface area contributed by atoms with Crippen LogP contribution < -0.4 is 0 Å². The van der Waals surface area contributed by atoms with Gasteiger partial charge < -0.3 is 14.8 Å². The highest BCUT2D eigenvalue weighted by atomic mass is 35.5. The van der Waals surface area contributed by atoms with Gasteiger partial charge >= 0.3 is 18.1 Å². The fourth-order valence-corrected chi connectivity index (χ4v) is 6.89. The lowest BCUT2D eigenvalue weighted by molar-refractivity contribution is -0.192. The van der Waals surface area contributed by atoms with E-state index >= 15 is 0 Å². The Bertz CT molecular complexity index is 1990. The van der Waals surface area contributed by atoms with E-state index in [-0.39, 0.29) is 11.5 Å². The Kier molecular flexibility index (Phi) is 10.7. The Morgan fingerprint density at radius 3 is 1.86 bits per heavy atom. The molecule has 266 valence electrons. The van der Waals surface area contributed by atoms with Gasteiger partial charge in [-0.1, -0.05) is 59.6 Å². The third kappa shape index (κ3) is 8.54. The van der Waals surface area contributed by atoms with E-state index in [4.69, 9.17) is 38.1 Å². The first-order chi connectivity index (χ1) is 24.3. The normalized spacial score (nSPS) is 15.5. The molecular formula is C38H33Cl2F4N3O4. The fraction of sp³-hybridized carbons (Fsp3) is 0.289. The van der Waals surface area contributed by atoms with Gasteiger partial charge in [0, 0.05) is 47.6 Å². The third-order valence-corrected chi connectivity index (χ3v) is 9.76. The number of nitrogens with zero attached hydrogens (tertiary/aromatic N) is 3. The number of rotatable bonds is 8. The highest BCUT2D eigenvalue weighted by molar-refractivity contribution is 6.30. The molecule has 5 aromatic rings. The fourth-order valence-electron chi connectivity index (χ4n) is 6.64. The first-order valence-electron chi connectivity index (χ1n) is 16.4. The Morgan fingerprint density at radius 2 is 1.35 bits per heavy atom. The van der Waals surface area contributed by atoms with Crippen molar-refractivity contribution in [2.75, 3.05) is 13.1 Å². The molecule has 2 N–H and O–H groups in total. The van der Waals surface area contributed by atoms with Crippen molar-refractivity contribution in [2.24, 2.45) is 0 Å². The number of likely N-dealkylation sites (tertiary alicyclic amines) is 1. The molecule has 1 saturated carbocycles. The second-order valence-corrected chi connectivity index (χ2v) is 13.7. The summed E-state index contributed by atoms with van der Waals surface area (Å²) in [7, 11) is 0. The quantitative estimate of drug-likeness (QED) is 0.122. The lowest BCUT2D eigenvalue weighted by Gasteiger charge is -2.34. The molecule has 0 atom stereocenters. The highest BCUT2D eigenvalue weighted by Crippen LogP contribution is 2.44. The first-order valence-corrected chi connectivity index (χ1v) is 17.1. The van der Waals surface area contributed by atoms with Crippen molar-refractivity contribution in [2.45, 2.75) is 56.3 Å². The molecule has 2 heterocycles. The van der Waals surface area contributed by atoms with E-state index in [1.807, 2.05) is 24.3 Å². The molecule has 4 aromatic carbocycles. The second-order valence-electron chi connectivity index (χ2n) is 12.8. The lowest BCUT2D eigenvalue weighted by atomic mass is 9.85. The summed E-state index contributed by atoms with van der Waals surface area (Å²) in [6.45, 7) is 2.33. The molecular weight excluding hydrogens is 709 g/mol. The summed E-state index contributed by atoms with van der Waals surface area (Å²) in [5.41, 5.74) is 6.23. The molecule has 0 bridgehead atoms. The van der Waals surface area contributed by atoms with Gasteiger partial charge in [-0.25, -0.2) is 19.0 Å². The molecule has 1 saturated heterocycles. The molecule has 51 heavy (non-hydrogen) atoms. The molecule has 7 nitrogen and oxygen atoms in total. The average Bonchev–Trinajstić information content (AvgIpc) is 3.88. The summed E-state index contributed by atoms with van der Waals surface area (Å²) in [6, 6.07) is 27.5. The largest absolute Gasteiger partial charge is 0.490 e. The molecule has 0 unspecified atom stereocenters. The lowest BCUT2D eigenvalue weighted by Crippen LogP contribution is -2.34. The predicted molar refractivity (Wildman–Crippen MR) is 186 cm³/mol. The number of benzene rings is 4. The third-order valence-electron chi connectivity index (χ3n) is 9.26. The van der Waals surface area contributed by atoms with Crippen LogP contribution in [0.2, 0.25) is 10.0 Å². The minimum absolute atomic E-state index is 0.00917. The van der Waals surface area contributed by atoms with Crippen LogP contribution in [0.25, 0.3) is 11.0 Å². The van der Waals surface area contributed by atoms with Gasteiger partial charge in [0.05, 0.1) is 16.6 Å². The van der Waals surface area contributed by atoms with E-state index in [9.17, 15) is 27.5 Å². The van der Waals surface area contributed by atoms with Gasteiger partial charge in [-0.05, 0) is 96.5 Å². The second kappa shape index (κ2) is 15.0. The highest BCUT2D eigenvalue weighted by Gasteiger charge is 2.38. The number of carboxylic acids is 2. The molecule has 1 aliphatic carbocycles. The van der Waals surface area contributed by atoms with E-state index in [0.29, 0.717) is 28.5 Å². The van der Waals surface area contributed by atoms with Crippen molar-refractivity contribution < 1.29 is 37.4 Å². The number of aliphatic carboxylic acids is 1. The molecule has 1 aliphatic heterocycles. The minimum atomic E-state index is -5.08. The molecule has 0 amide bonds. The maximum Gasteiger partial charge on any atom is 0.490 e. The number of halogens is 6. The number of carboxylic acid groups (broad SMARTS) is 2. The summed E-state index contributed by atoms with van der Waals surface area (Å²) in [5, 5.41) is 17.9. The van der Waals surface area contributed by atoms with E-state index in [1.54, 1.807) is 6.07 Å². The molecule has 1 aromatic heterocycles. The van der Waals surface area contributed by atoms with Gasteiger partial charge in [-0.15, -0.1) is 0 Å². The molecule has 2 aliphatic rings. The van der Waals surface area contributed by atoms with Crippen LogP contribution in [0.4, 0.5) is 17.6 Å². The van der Waals surface area contributed by atoms with E-state index in [2.05, 4.69) is 51.9 Å².